The highest BCUT2D eigenvalue weighted by Crippen LogP contribution is 2.33. The molecule has 2 aromatic carbocycles. The van der Waals surface area contributed by atoms with Crippen molar-refractivity contribution in [2.45, 2.75) is 78.1 Å². The third-order valence-corrected chi connectivity index (χ3v) is 11.8. The van der Waals surface area contributed by atoms with E-state index < -0.39 is 35.4 Å². The number of benzene rings is 2. The van der Waals surface area contributed by atoms with Gasteiger partial charge in [0.15, 0.2) is 5.82 Å². The number of carbonyl (C=O) groups excluding carboxylic acids is 4. The van der Waals surface area contributed by atoms with Crippen LogP contribution in [0.15, 0.2) is 66.0 Å². The Morgan fingerprint density at radius 2 is 1.67 bits per heavy atom. The molecule has 4 amide bonds. The first kappa shape index (κ1) is 41.1. The van der Waals surface area contributed by atoms with Crippen molar-refractivity contribution in [2.75, 3.05) is 43.4 Å². The van der Waals surface area contributed by atoms with E-state index in [1.54, 1.807) is 46.6 Å². The quantitative estimate of drug-likeness (QED) is 0.146. The number of aliphatic hydroxyl groups is 1. The number of hydrogen-bond donors (Lipinski definition) is 5. The van der Waals surface area contributed by atoms with E-state index in [-0.39, 0.29) is 55.2 Å². The van der Waals surface area contributed by atoms with Gasteiger partial charge < -0.3 is 41.3 Å². The summed E-state index contributed by atoms with van der Waals surface area (Å²) in [5.41, 5.74) is 10.3. The predicted octanol–water partition coefficient (Wildman–Crippen LogP) is 4.27. The Morgan fingerprint density at radius 1 is 0.965 bits per heavy atom. The fourth-order valence-electron chi connectivity index (χ4n) is 7.38. The second-order valence-electron chi connectivity index (χ2n) is 15.9. The highest BCUT2D eigenvalue weighted by molar-refractivity contribution is 7.13. The zero-order chi connectivity index (χ0) is 41.0. The molecule has 302 valence electrons. The van der Waals surface area contributed by atoms with Crippen LogP contribution in [0.3, 0.4) is 0 Å². The van der Waals surface area contributed by atoms with Crippen LogP contribution >= 0.6 is 11.3 Å². The topological polar surface area (TPSA) is 194 Å². The molecule has 0 spiro atoms. The van der Waals surface area contributed by atoms with Gasteiger partial charge in [-0.15, -0.1) is 21.5 Å². The number of piperazine rings is 1. The Bertz CT molecular complexity index is 2090. The highest BCUT2D eigenvalue weighted by atomic mass is 32.1. The van der Waals surface area contributed by atoms with Crippen LogP contribution in [-0.4, -0.2) is 105 Å². The number of likely N-dealkylation sites (tertiary alicyclic amines) is 1. The number of aryl methyl sites for hydroxylation is 1. The van der Waals surface area contributed by atoms with Gasteiger partial charge in [0.2, 0.25) is 23.6 Å². The summed E-state index contributed by atoms with van der Waals surface area (Å²) in [5, 5.41) is 37.1. The lowest BCUT2D eigenvalue weighted by Gasteiger charge is -2.36. The minimum Gasteiger partial charge on any atom is -0.507 e. The number of aromatic nitrogens is 2. The van der Waals surface area contributed by atoms with Crippen LogP contribution in [0.25, 0.3) is 21.7 Å². The number of nitrogens with one attached hydrogen (secondary N) is 2. The van der Waals surface area contributed by atoms with Crippen molar-refractivity contribution in [2.24, 2.45) is 5.41 Å². The molecule has 6 rings (SSSR count). The zero-order valence-corrected chi connectivity index (χ0v) is 33.9. The number of rotatable bonds is 11. The number of nitrogen functional groups attached to an aromatic ring is 1. The summed E-state index contributed by atoms with van der Waals surface area (Å²) >= 11 is 1.68. The van der Waals surface area contributed by atoms with Crippen LogP contribution < -0.4 is 21.3 Å². The molecule has 2 fully saturated rings. The summed E-state index contributed by atoms with van der Waals surface area (Å²) in [6.45, 7) is 11.1. The Balaban J connectivity index is 1.02. The van der Waals surface area contributed by atoms with Gasteiger partial charge in [0.25, 0.3) is 0 Å². The Labute approximate surface area is 337 Å². The summed E-state index contributed by atoms with van der Waals surface area (Å²) in [5.74, 6) is -1.18. The van der Waals surface area contributed by atoms with Crippen molar-refractivity contribution in [1.29, 1.82) is 0 Å². The lowest BCUT2D eigenvalue weighted by Crippen LogP contribution is -2.58. The van der Waals surface area contributed by atoms with E-state index in [1.807, 2.05) is 56.9 Å². The molecular formula is C42H52N8O6S. The van der Waals surface area contributed by atoms with Crippen molar-refractivity contribution in [3.8, 4) is 27.4 Å². The molecule has 57 heavy (non-hydrogen) atoms. The number of thiophene rings is 1. The number of aromatic hydroxyl groups is 1. The van der Waals surface area contributed by atoms with Gasteiger partial charge in [-0.3, -0.25) is 19.2 Å². The second kappa shape index (κ2) is 17.3. The number of carbonyl (C=O) groups is 4. The number of nitrogens with two attached hydrogens (primary N) is 1. The number of phenolic OH excluding ortho intramolecular Hbond substituents is 1. The molecule has 4 atom stereocenters. The zero-order valence-electron chi connectivity index (χ0n) is 33.1. The Kier molecular flexibility index (Phi) is 12.5. The third kappa shape index (κ3) is 9.54. The standard InChI is InChI=1S/C42H52N8O6S/c1-25-16-21-57-37(25)28-12-10-27(11-13-28)26(2)44-40(55)33-22-29(51)24-50(33)41(56)38(42(3,4)5)45-35(53)14-15-36(54)49-19-17-48(18-20-49)32-23-31(46-47-39(32)43)30-8-6-7-9-34(30)52/h6-13,16,21,23,26,29,33,38,51-52H,14-15,17-20,22,24H2,1-5H3,(H2,43,47)(H,44,55)(H,45,53)/t26-,29+,33-,38+/m0/s1. The summed E-state index contributed by atoms with van der Waals surface area (Å²) in [7, 11) is 0. The van der Waals surface area contributed by atoms with Crippen LogP contribution in [0.5, 0.6) is 5.75 Å². The number of β-amino-alcohol motifs (C(OH)–C–C–N with tert-alkyl or cyclic N) is 1. The predicted molar refractivity (Wildman–Crippen MR) is 220 cm³/mol. The highest BCUT2D eigenvalue weighted by Gasteiger charge is 2.44. The molecule has 0 aliphatic carbocycles. The average molecular weight is 797 g/mol. The first-order valence-corrected chi connectivity index (χ1v) is 20.2. The van der Waals surface area contributed by atoms with Gasteiger partial charge in [-0.25, -0.2) is 0 Å². The summed E-state index contributed by atoms with van der Waals surface area (Å²) < 4.78 is 0. The van der Waals surface area contributed by atoms with E-state index in [4.69, 9.17) is 5.73 Å². The largest absolute Gasteiger partial charge is 0.507 e. The molecule has 2 aromatic heterocycles. The van der Waals surface area contributed by atoms with E-state index in [0.29, 0.717) is 43.1 Å². The fourth-order valence-corrected chi connectivity index (χ4v) is 8.31. The van der Waals surface area contributed by atoms with Crippen LogP contribution in [0.2, 0.25) is 0 Å². The number of amides is 4. The van der Waals surface area contributed by atoms with E-state index in [2.05, 4.69) is 39.2 Å². The number of aliphatic hydroxyl groups excluding tert-OH is 1. The van der Waals surface area contributed by atoms with Gasteiger partial charge in [0.1, 0.15) is 17.8 Å². The minimum atomic E-state index is -1.00. The maximum absolute atomic E-state index is 14.1. The molecule has 15 heteroatoms. The molecule has 0 saturated carbocycles. The molecule has 2 saturated heterocycles. The lowest BCUT2D eigenvalue weighted by atomic mass is 9.85. The number of anilines is 2. The molecule has 6 N–H and O–H groups in total. The monoisotopic (exact) mass is 796 g/mol. The number of hydrogen-bond acceptors (Lipinski definition) is 11. The third-order valence-electron chi connectivity index (χ3n) is 10.7. The minimum absolute atomic E-state index is 0.0374. The van der Waals surface area contributed by atoms with Gasteiger partial charge >= 0.3 is 0 Å². The van der Waals surface area contributed by atoms with E-state index in [1.165, 1.54) is 15.3 Å². The molecule has 0 unspecified atom stereocenters. The second-order valence-corrected chi connectivity index (χ2v) is 16.8. The van der Waals surface area contributed by atoms with Gasteiger partial charge in [-0.1, -0.05) is 57.2 Å². The maximum atomic E-state index is 14.1. The van der Waals surface area contributed by atoms with E-state index in [0.717, 1.165) is 11.1 Å². The van der Waals surface area contributed by atoms with E-state index in [9.17, 15) is 29.4 Å². The Morgan fingerprint density at radius 3 is 2.32 bits per heavy atom. The molecule has 0 radical (unpaired) electrons. The van der Waals surface area contributed by atoms with Crippen molar-refractivity contribution in [1.82, 2.24) is 30.6 Å². The normalized spacial score (nSPS) is 18.2. The first-order valence-electron chi connectivity index (χ1n) is 19.3. The fraction of sp³-hybridized carbons (Fsp3) is 0.429. The number of para-hydroxylation sites is 1. The van der Waals surface area contributed by atoms with Crippen LogP contribution in [0.4, 0.5) is 11.5 Å². The first-order chi connectivity index (χ1) is 27.1. The SMILES string of the molecule is Cc1ccsc1-c1ccc([C@H](C)NC(=O)[C@@H]2C[C@@H](O)CN2C(=O)[C@@H](NC(=O)CCC(=O)N2CCN(c3cc(-c4ccccc4O)nnc3N)CC2)C(C)(C)C)cc1. The van der Waals surface area contributed by atoms with Crippen LogP contribution in [0.1, 0.15) is 64.1 Å². The van der Waals surface area contributed by atoms with Crippen molar-refractivity contribution in [3.63, 3.8) is 0 Å². The molecule has 2 aliphatic heterocycles. The molecule has 2 aliphatic rings. The summed E-state index contributed by atoms with van der Waals surface area (Å²) in [6.07, 6.45) is -0.991. The van der Waals surface area contributed by atoms with Gasteiger partial charge in [-0.2, -0.15) is 0 Å². The molecular weight excluding hydrogens is 745 g/mol. The Hall–Kier alpha value is -5.54. The molecule has 0 bridgehead atoms. The summed E-state index contributed by atoms with van der Waals surface area (Å²) in [4.78, 5) is 60.6. The van der Waals surface area contributed by atoms with E-state index >= 15 is 0 Å². The number of nitrogens with zero attached hydrogens (tertiary/aromatic N) is 5. The van der Waals surface area contributed by atoms with Gasteiger partial charge in [0.05, 0.1) is 23.5 Å². The van der Waals surface area contributed by atoms with Crippen molar-refractivity contribution in [3.05, 3.63) is 77.2 Å². The van der Waals surface area contributed by atoms with Gasteiger partial charge in [-0.05, 0) is 65.6 Å². The average Bonchev–Trinajstić information content (AvgIpc) is 3.81. The maximum Gasteiger partial charge on any atom is 0.246 e. The van der Waals surface area contributed by atoms with Crippen LogP contribution in [0, 0.1) is 12.3 Å². The van der Waals surface area contributed by atoms with Crippen LogP contribution in [-0.2, 0) is 19.2 Å². The van der Waals surface area contributed by atoms with Crippen molar-refractivity contribution >= 4 is 46.5 Å². The molecule has 14 nitrogen and oxygen atoms in total. The van der Waals surface area contributed by atoms with Gasteiger partial charge in [0, 0.05) is 62.4 Å². The molecule has 4 heterocycles. The summed E-state index contributed by atoms with van der Waals surface area (Å²) in [6, 6.07) is 16.4. The van der Waals surface area contributed by atoms with Crippen molar-refractivity contribution < 1.29 is 29.4 Å². The number of phenols is 1. The molecule has 4 aromatic rings. The smallest absolute Gasteiger partial charge is 0.246 e. The lowest BCUT2D eigenvalue weighted by molar-refractivity contribution is -0.144.